The van der Waals surface area contributed by atoms with Gasteiger partial charge in [0.05, 0.1) is 5.02 Å². The van der Waals surface area contributed by atoms with E-state index in [4.69, 9.17) is 11.6 Å². The molecule has 0 bridgehead atoms. The van der Waals surface area contributed by atoms with E-state index >= 15 is 0 Å². The summed E-state index contributed by atoms with van der Waals surface area (Å²) in [6.45, 7) is 2.12. The highest BCUT2D eigenvalue weighted by Gasteiger charge is 2.70. The molecule has 1 nitrogen and oxygen atoms in total. The van der Waals surface area contributed by atoms with Gasteiger partial charge in [0.1, 0.15) is 5.82 Å². The van der Waals surface area contributed by atoms with Crippen LogP contribution in [0.1, 0.15) is 12.0 Å². The van der Waals surface area contributed by atoms with Gasteiger partial charge >= 0.3 is 0 Å². The lowest BCUT2D eigenvalue weighted by atomic mass is 9.95. The van der Waals surface area contributed by atoms with Crippen LogP contribution in [0.4, 0.5) is 4.39 Å². The number of fused-ring (bicyclic) bond motifs is 1. The number of nitrogens with zero attached hydrogens (tertiary/aromatic N) is 1. The number of benzene rings is 1. The molecule has 1 aromatic carbocycles. The zero-order valence-corrected chi connectivity index (χ0v) is 11.8. The van der Waals surface area contributed by atoms with Gasteiger partial charge in [0.15, 0.2) is 0 Å². The lowest BCUT2D eigenvalue weighted by molar-refractivity contribution is 0.367. The maximum Gasteiger partial charge on any atom is 0.142 e. The molecular weight excluding hydrogens is 339 g/mol. The molecule has 1 unspecified atom stereocenters. The van der Waals surface area contributed by atoms with Crippen molar-refractivity contribution < 1.29 is 4.39 Å². The standard InChI is InChI=1S/C12H12ClFIN/c1-16-6-11(5-12(11,15)7-16)8-2-3-9(13)10(14)4-8/h2-4H,5-7H2,1H3/t11-,12?/m0/s1. The monoisotopic (exact) mass is 351 g/mol. The van der Waals surface area contributed by atoms with Crippen LogP contribution in [-0.4, -0.2) is 28.5 Å². The van der Waals surface area contributed by atoms with Gasteiger partial charge in [-0.05, 0) is 31.2 Å². The van der Waals surface area contributed by atoms with Crippen molar-refractivity contribution in [3.8, 4) is 0 Å². The lowest BCUT2D eigenvalue weighted by Gasteiger charge is -2.16. The Kier molecular flexibility index (Phi) is 2.34. The Balaban J connectivity index is 2.02. The first-order valence-electron chi connectivity index (χ1n) is 5.30. The Morgan fingerprint density at radius 1 is 1.44 bits per heavy atom. The summed E-state index contributed by atoms with van der Waals surface area (Å²) in [6, 6.07) is 5.27. The highest BCUT2D eigenvalue weighted by Crippen LogP contribution is 2.67. The third-order valence-electron chi connectivity index (χ3n) is 3.85. The first-order chi connectivity index (χ1) is 7.47. The van der Waals surface area contributed by atoms with E-state index in [2.05, 4.69) is 34.5 Å². The molecule has 4 heteroatoms. The van der Waals surface area contributed by atoms with Crippen LogP contribution < -0.4 is 0 Å². The van der Waals surface area contributed by atoms with Gasteiger partial charge in [-0.15, -0.1) is 0 Å². The molecule has 16 heavy (non-hydrogen) atoms. The molecule has 0 N–H and O–H groups in total. The predicted molar refractivity (Wildman–Crippen MR) is 72.0 cm³/mol. The van der Waals surface area contributed by atoms with Gasteiger partial charge < -0.3 is 4.90 Å². The first-order valence-corrected chi connectivity index (χ1v) is 6.76. The van der Waals surface area contributed by atoms with Crippen LogP contribution in [-0.2, 0) is 5.41 Å². The van der Waals surface area contributed by atoms with Crippen LogP contribution in [0.2, 0.25) is 5.02 Å². The summed E-state index contributed by atoms with van der Waals surface area (Å²) in [7, 11) is 2.13. The van der Waals surface area contributed by atoms with Crippen molar-refractivity contribution in [2.24, 2.45) is 0 Å². The highest BCUT2D eigenvalue weighted by atomic mass is 127. The molecule has 0 amide bonds. The Labute approximate surface area is 113 Å². The van der Waals surface area contributed by atoms with Gasteiger partial charge in [0.2, 0.25) is 0 Å². The number of halogens is 3. The third-order valence-corrected chi connectivity index (χ3v) is 5.91. The third kappa shape index (κ3) is 1.37. The molecule has 2 fully saturated rings. The first kappa shape index (κ1) is 11.2. The van der Waals surface area contributed by atoms with Crippen molar-refractivity contribution in [3.63, 3.8) is 0 Å². The summed E-state index contributed by atoms with van der Waals surface area (Å²) >= 11 is 8.26. The highest BCUT2D eigenvalue weighted by molar-refractivity contribution is 14.1. The van der Waals surface area contributed by atoms with E-state index in [1.807, 2.05) is 6.07 Å². The molecule has 1 saturated heterocycles. The number of hydrogen-bond acceptors (Lipinski definition) is 1. The molecule has 1 aliphatic heterocycles. The summed E-state index contributed by atoms with van der Waals surface area (Å²) in [5.74, 6) is -0.297. The smallest absolute Gasteiger partial charge is 0.142 e. The molecule has 1 saturated carbocycles. The molecule has 1 aliphatic carbocycles. The summed E-state index contributed by atoms with van der Waals surface area (Å²) in [6.07, 6.45) is 1.16. The van der Waals surface area contributed by atoms with Gasteiger partial charge in [-0.1, -0.05) is 40.3 Å². The van der Waals surface area contributed by atoms with Gasteiger partial charge in [-0.25, -0.2) is 4.39 Å². The second-order valence-corrected chi connectivity index (χ2v) is 7.50. The number of hydrogen-bond donors (Lipinski definition) is 0. The Morgan fingerprint density at radius 3 is 2.75 bits per heavy atom. The van der Waals surface area contributed by atoms with Gasteiger partial charge in [0.25, 0.3) is 0 Å². The minimum atomic E-state index is -0.297. The molecule has 0 spiro atoms. The maximum atomic E-state index is 13.5. The largest absolute Gasteiger partial charge is 0.304 e. The molecule has 3 rings (SSSR count). The Hall–Kier alpha value is 0.130. The summed E-state index contributed by atoms with van der Waals surface area (Å²) in [4.78, 5) is 2.32. The number of piperidine rings is 1. The van der Waals surface area contributed by atoms with Crippen molar-refractivity contribution in [2.75, 3.05) is 20.1 Å². The number of likely N-dealkylation sites (N-methyl/N-ethyl adjacent to an activating group) is 1. The normalized spacial score (nSPS) is 37.5. The SMILES string of the molecule is CN1CC2(I)C[C@@]2(c2ccc(Cl)c(F)c2)C1. The molecule has 86 valence electrons. The zero-order chi connectivity index (χ0) is 11.6. The minimum absolute atomic E-state index is 0.160. The quantitative estimate of drug-likeness (QED) is 0.555. The lowest BCUT2D eigenvalue weighted by Crippen LogP contribution is -2.22. The molecule has 1 aromatic rings. The second kappa shape index (κ2) is 3.33. The zero-order valence-electron chi connectivity index (χ0n) is 8.93. The molecule has 0 radical (unpaired) electrons. The maximum absolute atomic E-state index is 13.5. The molecule has 0 aromatic heterocycles. The predicted octanol–water partition coefficient (Wildman–Crippen LogP) is 3.24. The topological polar surface area (TPSA) is 3.24 Å². The van der Waals surface area contributed by atoms with Crippen molar-refractivity contribution in [1.82, 2.24) is 4.90 Å². The van der Waals surface area contributed by atoms with E-state index in [-0.39, 0.29) is 16.3 Å². The van der Waals surface area contributed by atoms with E-state index in [0.717, 1.165) is 25.1 Å². The molecule has 2 atom stereocenters. The van der Waals surface area contributed by atoms with E-state index in [9.17, 15) is 4.39 Å². The fourth-order valence-corrected chi connectivity index (χ4v) is 4.86. The molecule has 1 heterocycles. The van der Waals surface area contributed by atoms with Crippen LogP contribution in [0.3, 0.4) is 0 Å². The average Bonchev–Trinajstić information content (AvgIpc) is 2.66. The molecular formula is C12H12ClFIN. The van der Waals surface area contributed by atoms with E-state index in [1.165, 1.54) is 0 Å². The fourth-order valence-electron chi connectivity index (χ4n) is 3.03. The van der Waals surface area contributed by atoms with Crippen LogP contribution in [0.25, 0.3) is 0 Å². The summed E-state index contributed by atoms with van der Waals surface area (Å²) < 4.78 is 13.8. The van der Waals surface area contributed by atoms with E-state index in [1.54, 1.807) is 12.1 Å². The van der Waals surface area contributed by atoms with Gasteiger partial charge in [-0.2, -0.15) is 0 Å². The van der Waals surface area contributed by atoms with Crippen LogP contribution >= 0.6 is 34.2 Å². The molecule has 2 aliphatic rings. The van der Waals surface area contributed by atoms with Crippen LogP contribution in [0, 0.1) is 5.82 Å². The van der Waals surface area contributed by atoms with Gasteiger partial charge in [0, 0.05) is 21.9 Å². The summed E-state index contributed by atoms with van der Waals surface area (Å²) in [5, 5.41) is 0.214. The van der Waals surface area contributed by atoms with Gasteiger partial charge in [-0.3, -0.25) is 0 Å². The fraction of sp³-hybridized carbons (Fsp3) is 0.500. The summed E-state index contributed by atoms with van der Waals surface area (Å²) in [5.41, 5.74) is 1.27. The van der Waals surface area contributed by atoms with Crippen molar-refractivity contribution in [2.45, 2.75) is 15.3 Å². The van der Waals surface area contributed by atoms with E-state index < -0.39 is 0 Å². The van der Waals surface area contributed by atoms with Crippen molar-refractivity contribution >= 4 is 34.2 Å². The number of rotatable bonds is 1. The Morgan fingerprint density at radius 2 is 2.19 bits per heavy atom. The number of likely N-dealkylation sites (tertiary alicyclic amines) is 1. The number of alkyl halides is 1. The Bertz CT molecular complexity index is 466. The minimum Gasteiger partial charge on any atom is -0.304 e. The average molecular weight is 352 g/mol. The van der Waals surface area contributed by atoms with Crippen molar-refractivity contribution in [1.29, 1.82) is 0 Å². The van der Waals surface area contributed by atoms with Crippen LogP contribution in [0.15, 0.2) is 18.2 Å². The van der Waals surface area contributed by atoms with Crippen molar-refractivity contribution in [3.05, 3.63) is 34.6 Å². The van der Waals surface area contributed by atoms with E-state index in [0.29, 0.717) is 3.42 Å². The van der Waals surface area contributed by atoms with Crippen LogP contribution in [0.5, 0.6) is 0 Å². The second-order valence-electron chi connectivity index (χ2n) is 5.03.